The predicted molar refractivity (Wildman–Crippen MR) is 84.5 cm³/mol. The van der Waals surface area contributed by atoms with Gasteiger partial charge in [0, 0.05) is 10.8 Å². The van der Waals surface area contributed by atoms with Crippen molar-refractivity contribution in [2.75, 3.05) is 0 Å². The van der Waals surface area contributed by atoms with E-state index in [1.54, 1.807) is 0 Å². The molecule has 1 heterocycles. The Morgan fingerprint density at radius 1 is 0.684 bits per heavy atom. The zero-order chi connectivity index (χ0) is 12.8. The number of benzene rings is 3. The molecule has 0 bridgehead atoms. The molecule has 0 spiro atoms. The normalized spacial score (nSPS) is 11.4. The van der Waals surface area contributed by atoms with Crippen molar-refractivity contribution >= 4 is 48.4 Å². The summed E-state index contributed by atoms with van der Waals surface area (Å²) >= 11 is 3.63. The fourth-order valence-corrected chi connectivity index (χ4v) is 3.30. The van der Waals surface area contributed by atoms with Gasteiger partial charge >= 0.3 is 0 Å². The van der Waals surface area contributed by atoms with Gasteiger partial charge in [-0.05, 0) is 38.2 Å². The van der Waals surface area contributed by atoms with Crippen molar-refractivity contribution in [1.29, 1.82) is 0 Å². The molecule has 0 unspecified atom stereocenters. The summed E-state index contributed by atoms with van der Waals surface area (Å²) in [5, 5.41) is 6.12. The predicted octanol–water partition coefficient (Wildman–Crippen LogP) is 5.30. The van der Waals surface area contributed by atoms with Crippen LogP contribution in [0.4, 0.5) is 0 Å². The lowest BCUT2D eigenvalue weighted by molar-refractivity contribution is 1.39. The van der Waals surface area contributed by atoms with Crippen LogP contribution in [0.2, 0.25) is 0 Å². The topological polar surface area (TPSA) is 12.9 Å². The first-order valence-electron chi connectivity index (χ1n) is 6.20. The van der Waals surface area contributed by atoms with Crippen molar-refractivity contribution in [3.05, 3.63) is 65.3 Å². The minimum atomic E-state index is 0.915. The highest BCUT2D eigenvalue weighted by molar-refractivity contribution is 9.10. The monoisotopic (exact) mass is 307 g/mol. The number of para-hydroxylation sites is 1. The van der Waals surface area contributed by atoms with E-state index >= 15 is 0 Å². The first-order valence-corrected chi connectivity index (χ1v) is 6.99. The summed E-state index contributed by atoms with van der Waals surface area (Å²) in [7, 11) is 0. The Labute approximate surface area is 119 Å². The molecule has 0 saturated heterocycles. The summed E-state index contributed by atoms with van der Waals surface area (Å²) in [5.41, 5.74) is 1.03. The van der Waals surface area contributed by atoms with Crippen LogP contribution in [0, 0.1) is 0 Å². The lowest BCUT2D eigenvalue weighted by Crippen LogP contribution is -1.86. The first-order chi connectivity index (χ1) is 9.34. The minimum Gasteiger partial charge on any atom is -0.240 e. The van der Waals surface area contributed by atoms with Crippen LogP contribution in [0.15, 0.2) is 65.3 Å². The molecule has 1 nitrogen and oxygen atoms in total. The van der Waals surface area contributed by atoms with Crippen molar-refractivity contribution in [1.82, 2.24) is 4.98 Å². The Kier molecular flexibility index (Phi) is 2.32. The molecule has 0 amide bonds. The number of fused-ring (bicyclic) bond motifs is 5. The van der Waals surface area contributed by atoms with Gasteiger partial charge in [-0.2, -0.15) is 0 Å². The van der Waals surface area contributed by atoms with E-state index in [9.17, 15) is 0 Å². The molecule has 3 aromatic carbocycles. The van der Waals surface area contributed by atoms with E-state index in [2.05, 4.69) is 75.5 Å². The minimum absolute atomic E-state index is 0.915. The van der Waals surface area contributed by atoms with Crippen LogP contribution in [-0.2, 0) is 0 Å². The molecule has 0 fully saturated rings. The highest BCUT2D eigenvalue weighted by Gasteiger charge is 2.09. The summed E-state index contributed by atoms with van der Waals surface area (Å²) in [6.45, 7) is 0. The molecule has 0 radical (unpaired) electrons. The third-order valence-corrected chi connectivity index (χ3v) is 4.12. The summed E-state index contributed by atoms with van der Waals surface area (Å²) in [6.07, 6.45) is 0. The molecular weight excluding hydrogens is 298 g/mol. The van der Waals surface area contributed by atoms with Crippen LogP contribution in [0.25, 0.3) is 32.4 Å². The number of rotatable bonds is 0. The van der Waals surface area contributed by atoms with Crippen LogP contribution >= 0.6 is 15.9 Å². The van der Waals surface area contributed by atoms with Crippen LogP contribution < -0.4 is 0 Å². The van der Waals surface area contributed by atoms with Gasteiger partial charge in [0.15, 0.2) is 0 Å². The van der Waals surface area contributed by atoms with Crippen LogP contribution in [0.5, 0.6) is 0 Å². The smallest absolute Gasteiger partial charge is 0.115 e. The summed E-state index contributed by atoms with van der Waals surface area (Å²) in [5.74, 6) is 0. The van der Waals surface area contributed by atoms with E-state index in [-0.39, 0.29) is 0 Å². The van der Waals surface area contributed by atoms with Gasteiger partial charge in [0.1, 0.15) is 4.60 Å². The standard InChI is InChI=1S/C17H10BrN/c18-17-16-12-6-2-1-5-11(12)9-10-14(16)13-7-3-4-8-15(13)19-17/h1-10H. The number of halogens is 1. The Bertz CT molecular complexity index is 928. The quantitative estimate of drug-likeness (QED) is 0.317. The zero-order valence-corrected chi connectivity index (χ0v) is 11.7. The van der Waals surface area contributed by atoms with Gasteiger partial charge in [-0.1, -0.05) is 54.6 Å². The second kappa shape index (κ2) is 4.04. The van der Waals surface area contributed by atoms with E-state index < -0.39 is 0 Å². The SMILES string of the molecule is Brc1nc2ccccc2c2ccc3ccccc3c12. The van der Waals surface area contributed by atoms with Crippen molar-refractivity contribution in [2.24, 2.45) is 0 Å². The molecule has 0 aliphatic carbocycles. The molecule has 1 aromatic heterocycles. The molecular formula is C17H10BrN. The number of aromatic nitrogens is 1. The molecule has 19 heavy (non-hydrogen) atoms. The van der Waals surface area contributed by atoms with E-state index in [0.29, 0.717) is 0 Å². The number of hydrogen-bond acceptors (Lipinski definition) is 1. The van der Waals surface area contributed by atoms with Gasteiger partial charge in [0.05, 0.1) is 5.52 Å². The summed E-state index contributed by atoms with van der Waals surface area (Å²) < 4.78 is 0.915. The molecule has 4 rings (SSSR count). The maximum atomic E-state index is 4.67. The van der Waals surface area contributed by atoms with Gasteiger partial charge in [-0.25, -0.2) is 4.98 Å². The van der Waals surface area contributed by atoms with Crippen molar-refractivity contribution in [3.8, 4) is 0 Å². The second-order valence-electron chi connectivity index (χ2n) is 4.63. The largest absolute Gasteiger partial charge is 0.240 e. The van der Waals surface area contributed by atoms with Gasteiger partial charge in [0.2, 0.25) is 0 Å². The van der Waals surface area contributed by atoms with E-state index in [1.807, 2.05) is 6.07 Å². The van der Waals surface area contributed by atoms with Crippen molar-refractivity contribution in [3.63, 3.8) is 0 Å². The van der Waals surface area contributed by atoms with Gasteiger partial charge < -0.3 is 0 Å². The average molecular weight is 308 g/mol. The first kappa shape index (κ1) is 10.9. The van der Waals surface area contributed by atoms with Gasteiger partial charge in [-0.3, -0.25) is 0 Å². The molecule has 90 valence electrons. The highest BCUT2D eigenvalue weighted by Crippen LogP contribution is 2.34. The number of pyridine rings is 1. The Morgan fingerprint density at radius 3 is 2.32 bits per heavy atom. The summed E-state index contributed by atoms with van der Waals surface area (Å²) in [6, 6.07) is 21.1. The van der Waals surface area contributed by atoms with Crippen LogP contribution in [0.3, 0.4) is 0 Å². The van der Waals surface area contributed by atoms with Crippen LogP contribution in [-0.4, -0.2) is 4.98 Å². The lowest BCUT2D eigenvalue weighted by Gasteiger charge is -2.08. The molecule has 0 saturated carbocycles. The molecule has 4 aromatic rings. The lowest BCUT2D eigenvalue weighted by atomic mass is 10.0. The van der Waals surface area contributed by atoms with Gasteiger partial charge in [-0.15, -0.1) is 0 Å². The number of nitrogens with zero attached hydrogens (tertiary/aromatic N) is 1. The van der Waals surface area contributed by atoms with E-state index in [0.717, 1.165) is 10.1 Å². The zero-order valence-electron chi connectivity index (χ0n) is 10.1. The maximum absolute atomic E-state index is 4.67. The maximum Gasteiger partial charge on any atom is 0.115 e. The summed E-state index contributed by atoms with van der Waals surface area (Å²) in [4.78, 5) is 4.67. The van der Waals surface area contributed by atoms with Crippen molar-refractivity contribution in [2.45, 2.75) is 0 Å². The molecule has 0 atom stereocenters. The molecule has 0 aliphatic rings. The van der Waals surface area contributed by atoms with Crippen LogP contribution in [0.1, 0.15) is 0 Å². The van der Waals surface area contributed by atoms with E-state index in [1.165, 1.54) is 26.9 Å². The average Bonchev–Trinajstić information content (AvgIpc) is 2.46. The number of hydrogen-bond donors (Lipinski definition) is 0. The Morgan fingerprint density at radius 2 is 1.42 bits per heavy atom. The molecule has 2 heteroatoms. The Balaban J connectivity index is 2.35. The highest BCUT2D eigenvalue weighted by atomic mass is 79.9. The Hall–Kier alpha value is -1.93. The molecule has 0 aliphatic heterocycles. The third kappa shape index (κ3) is 1.57. The third-order valence-electron chi connectivity index (χ3n) is 3.55. The van der Waals surface area contributed by atoms with E-state index in [4.69, 9.17) is 0 Å². The van der Waals surface area contributed by atoms with Crippen molar-refractivity contribution < 1.29 is 0 Å². The fourth-order valence-electron chi connectivity index (χ4n) is 2.68. The van der Waals surface area contributed by atoms with Gasteiger partial charge in [0.25, 0.3) is 0 Å². The fraction of sp³-hybridized carbons (Fsp3) is 0. The second-order valence-corrected chi connectivity index (χ2v) is 5.38. The molecule has 0 N–H and O–H groups in total.